The van der Waals surface area contributed by atoms with Crippen molar-refractivity contribution in [1.29, 1.82) is 0 Å². The normalized spacial score (nSPS) is 10.5. The van der Waals surface area contributed by atoms with Crippen LogP contribution in [-0.4, -0.2) is 12.0 Å². The Morgan fingerprint density at radius 3 is 2.93 bits per heavy atom. The molecule has 0 amide bonds. The molecule has 0 aliphatic heterocycles. The number of thiazole rings is 1. The van der Waals surface area contributed by atoms with Gasteiger partial charge in [0, 0.05) is 17.5 Å². The average molecular weight is 218 g/mol. The summed E-state index contributed by atoms with van der Waals surface area (Å²) >= 11 is 1.69. The molecule has 0 atom stereocenters. The van der Waals surface area contributed by atoms with E-state index >= 15 is 0 Å². The van der Waals surface area contributed by atoms with Gasteiger partial charge in [-0.05, 0) is 25.6 Å². The van der Waals surface area contributed by atoms with Gasteiger partial charge in [-0.1, -0.05) is 18.2 Å². The minimum Gasteiger partial charge on any atom is -0.316 e. The topological polar surface area (TPSA) is 24.9 Å². The first kappa shape index (κ1) is 10.3. The fourth-order valence-corrected chi connectivity index (χ4v) is 2.16. The van der Waals surface area contributed by atoms with Crippen LogP contribution in [0.2, 0.25) is 0 Å². The molecule has 1 aromatic carbocycles. The van der Waals surface area contributed by atoms with Crippen LogP contribution in [0.25, 0.3) is 11.3 Å². The highest BCUT2D eigenvalue weighted by atomic mass is 32.1. The van der Waals surface area contributed by atoms with E-state index in [-0.39, 0.29) is 0 Å². The summed E-state index contributed by atoms with van der Waals surface area (Å²) in [5.41, 5.74) is 3.57. The van der Waals surface area contributed by atoms with Crippen molar-refractivity contribution in [1.82, 2.24) is 10.3 Å². The standard InChI is InChI=1S/C12H14N2S/c1-9-14-12(8-15-9)11-5-3-4-10(6-11)7-13-2/h3-6,8,13H,7H2,1-2H3. The molecule has 3 heteroatoms. The Morgan fingerprint density at radius 2 is 2.27 bits per heavy atom. The van der Waals surface area contributed by atoms with E-state index in [2.05, 4.69) is 39.9 Å². The summed E-state index contributed by atoms with van der Waals surface area (Å²) in [6.45, 7) is 2.93. The molecule has 0 saturated carbocycles. The summed E-state index contributed by atoms with van der Waals surface area (Å²) in [5, 5.41) is 6.37. The Kier molecular flexibility index (Phi) is 3.14. The van der Waals surface area contributed by atoms with E-state index in [9.17, 15) is 0 Å². The maximum atomic E-state index is 4.48. The van der Waals surface area contributed by atoms with Crippen molar-refractivity contribution >= 4 is 11.3 Å². The maximum Gasteiger partial charge on any atom is 0.0901 e. The summed E-state index contributed by atoms with van der Waals surface area (Å²) < 4.78 is 0. The third-order valence-electron chi connectivity index (χ3n) is 2.22. The van der Waals surface area contributed by atoms with Crippen LogP contribution in [-0.2, 0) is 6.54 Å². The highest BCUT2D eigenvalue weighted by Gasteiger charge is 2.02. The lowest BCUT2D eigenvalue weighted by molar-refractivity contribution is 0.818. The quantitative estimate of drug-likeness (QED) is 0.857. The molecule has 0 fully saturated rings. The second-order valence-corrected chi connectivity index (χ2v) is 4.54. The van der Waals surface area contributed by atoms with Crippen molar-refractivity contribution in [2.75, 3.05) is 7.05 Å². The van der Waals surface area contributed by atoms with Crippen LogP contribution in [0.1, 0.15) is 10.6 Å². The van der Waals surface area contributed by atoms with Crippen molar-refractivity contribution in [3.63, 3.8) is 0 Å². The van der Waals surface area contributed by atoms with E-state index < -0.39 is 0 Å². The molecule has 0 saturated heterocycles. The maximum absolute atomic E-state index is 4.48. The molecular weight excluding hydrogens is 204 g/mol. The van der Waals surface area contributed by atoms with Gasteiger partial charge in [-0.15, -0.1) is 11.3 Å². The number of aromatic nitrogens is 1. The number of hydrogen-bond donors (Lipinski definition) is 1. The fourth-order valence-electron chi connectivity index (χ4n) is 1.54. The smallest absolute Gasteiger partial charge is 0.0901 e. The summed E-state index contributed by atoms with van der Waals surface area (Å²) in [6.07, 6.45) is 0. The molecule has 0 bridgehead atoms. The zero-order valence-electron chi connectivity index (χ0n) is 8.95. The van der Waals surface area contributed by atoms with Crippen LogP contribution < -0.4 is 5.32 Å². The van der Waals surface area contributed by atoms with Crippen LogP contribution in [0.4, 0.5) is 0 Å². The summed E-state index contributed by atoms with van der Waals surface area (Å²) in [4.78, 5) is 4.48. The van der Waals surface area contributed by atoms with Crippen molar-refractivity contribution in [2.45, 2.75) is 13.5 Å². The van der Waals surface area contributed by atoms with E-state index in [0.717, 1.165) is 17.2 Å². The third kappa shape index (κ3) is 2.43. The summed E-state index contributed by atoms with van der Waals surface area (Å²) in [6, 6.07) is 8.49. The molecule has 0 aliphatic carbocycles. The second kappa shape index (κ2) is 4.55. The Hall–Kier alpha value is -1.19. The fraction of sp³-hybridized carbons (Fsp3) is 0.250. The summed E-state index contributed by atoms with van der Waals surface area (Å²) in [7, 11) is 1.96. The van der Waals surface area contributed by atoms with Crippen molar-refractivity contribution < 1.29 is 0 Å². The van der Waals surface area contributed by atoms with E-state index in [1.54, 1.807) is 11.3 Å². The molecule has 0 aliphatic rings. The van der Waals surface area contributed by atoms with E-state index in [4.69, 9.17) is 0 Å². The zero-order chi connectivity index (χ0) is 10.7. The van der Waals surface area contributed by atoms with Gasteiger partial charge >= 0.3 is 0 Å². The highest BCUT2D eigenvalue weighted by Crippen LogP contribution is 2.22. The number of nitrogens with one attached hydrogen (secondary N) is 1. The number of nitrogens with zero attached hydrogens (tertiary/aromatic N) is 1. The summed E-state index contributed by atoms with van der Waals surface area (Å²) in [5.74, 6) is 0. The van der Waals surface area contributed by atoms with Gasteiger partial charge in [-0.25, -0.2) is 4.98 Å². The molecule has 2 aromatic rings. The van der Waals surface area contributed by atoms with Gasteiger partial charge in [0.05, 0.1) is 10.7 Å². The lowest BCUT2D eigenvalue weighted by Crippen LogP contribution is -2.04. The van der Waals surface area contributed by atoms with Crippen LogP contribution in [0.15, 0.2) is 29.6 Å². The number of aryl methyl sites for hydroxylation is 1. The molecule has 15 heavy (non-hydrogen) atoms. The first-order valence-corrected chi connectivity index (χ1v) is 5.83. The largest absolute Gasteiger partial charge is 0.316 e. The predicted octanol–water partition coefficient (Wildman–Crippen LogP) is 2.84. The molecule has 1 N–H and O–H groups in total. The van der Waals surface area contributed by atoms with E-state index in [1.807, 2.05) is 14.0 Å². The van der Waals surface area contributed by atoms with Crippen molar-refractivity contribution in [3.05, 3.63) is 40.2 Å². The molecule has 1 heterocycles. The lowest BCUT2D eigenvalue weighted by atomic mass is 10.1. The molecule has 78 valence electrons. The third-order valence-corrected chi connectivity index (χ3v) is 3.00. The number of hydrogen-bond acceptors (Lipinski definition) is 3. The van der Waals surface area contributed by atoms with Crippen molar-refractivity contribution in [2.24, 2.45) is 0 Å². The van der Waals surface area contributed by atoms with Crippen LogP contribution >= 0.6 is 11.3 Å². The monoisotopic (exact) mass is 218 g/mol. The first-order valence-electron chi connectivity index (χ1n) is 4.95. The Bertz CT molecular complexity index is 448. The van der Waals surface area contributed by atoms with Gasteiger partial charge in [0.1, 0.15) is 0 Å². The van der Waals surface area contributed by atoms with Crippen LogP contribution in [0.3, 0.4) is 0 Å². The second-order valence-electron chi connectivity index (χ2n) is 3.48. The van der Waals surface area contributed by atoms with Crippen molar-refractivity contribution in [3.8, 4) is 11.3 Å². The minimum absolute atomic E-state index is 0.900. The lowest BCUT2D eigenvalue weighted by Gasteiger charge is -2.02. The molecule has 2 nitrogen and oxygen atoms in total. The Morgan fingerprint density at radius 1 is 1.40 bits per heavy atom. The van der Waals surface area contributed by atoms with Gasteiger partial charge < -0.3 is 5.32 Å². The van der Waals surface area contributed by atoms with Crippen LogP contribution in [0.5, 0.6) is 0 Å². The SMILES string of the molecule is CNCc1cccc(-c2csc(C)n2)c1. The van der Waals surface area contributed by atoms with Crippen LogP contribution in [0, 0.1) is 6.92 Å². The van der Waals surface area contributed by atoms with Gasteiger partial charge in [0.2, 0.25) is 0 Å². The predicted molar refractivity (Wildman–Crippen MR) is 65.1 cm³/mol. The molecule has 1 aromatic heterocycles. The van der Waals surface area contributed by atoms with Gasteiger partial charge in [0.25, 0.3) is 0 Å². The first-order chi connectivity index (χ1) is 7.29. The van der Waals surface area contributed by atoms with E-state index in [1.165, 1.54) is 11.1 Å². The average Bonchev–Trinajstić information content (AvgIpc) is 2.66. The minimum atomic E-state index is 0.900. The number of benzene rings is 1. The van der Waals surface area contributed by atoms with Gasteiger partial charge in [-0.3, -0.25) is 0 Å². The molecule has 2 rings (SSSR count). The van der Waals surface area contributed by atoms with Gasteiger partial charge in [-0.2, -0.15) is 0 Å². The number of rotatable bonds is 3. The molecule has 0 spiro atoms. The Labute approximate surface area is 94.0 Å². The molecule has 0 unspecified atom stereocenters. The molecule has 0 radical (unpaired) electrons. The highest BCUT2D eigenvalue weighted by molar-refractivity contribution is 7.09. The molecular formula is C12H14N2S. The van der Waals surface area contributed by atoms with E-state index in [0.29, 0.717) is 0 Å². The van der Waals surface area contributed by atoms with Gasteiger partial charge in [0.15, 0.2) is 0 Å². The Balaban J connectivity index is 2.32. The zero-order valence-corrected chi connectivity index (χ0v) is 9.77.